The molecule has 0 bridgehead atoms. The van der Waals surface area contributed by atoms with Crippen LogP contribution in [0.25, 0.3) is 0 Å². The third-order valence-corrected chi connectivity index (χ3v) is 5.46. The summed E-state index contributed by atoms with van der Waals surface area (Å²) in [6.45, 7) is 4.93. The lowest BCUT2D eigenvalue weighted by atomic mass is 9.96. The maximum absolute atomic E-state index is 13.0. The molecule has 1 aromatic carbocycles. The second-order valence-electron chi connectivity index (χ2n) is 7.20. The van der Waals surface area contributed by atoms with E-state index in [0.717, 1.165) is 31.6 Å². The number of likely N-dealkylation sites (tertiary alicyclic amines) is 1. The van der Waals surface area contributed by atoms with Crippen molar-refractivity contribution in [3.63, 3.8) is 0 Å². The lowest BCUT2D eigenvalue weighted by molar-refractivity contribution is -0.166. The number of amides is 1. The number of carboxylic acid groups (broad SMARTS) is 1. The van der Waals surface area contributed by atoms with Crippen LogP contribution < -0.4 is 0 Å². The quantitative estimate of drug-likeness (QED) is 0.842. The summed E-state index contributed by atoms with van der Waals surface area (Å²) in [5.74, 6) is -1.10. The summed E-state index contributed by atoms with van der Waals surface area (Å²) in [6, 6.07) is 8.94. The Labute approximate surface area is 154 Å². The Hall–Kier alpha value is -1.92. The maximum atomic E-state index is 13.0. The molecular formula is C20H28N2O4. The first-order valence-electron chi connectivity index (χ1n) is 9.51. The molecule has 0 saturated carbocycles. The van der Waals surface area contributed by atoms with E-state index in [1.54, 1.807) is 4.90 Å². The molecule has 142 valence electrons. The number of hydrogen-bond donors (Lipinski definition) is 1. The zero-order valence-electron chi connectivity index (χ0n) is 15.4. The minimum absolute atomic E-state index is 0.0835. The molecule has 2 saturated heterocycles. The van der Waals surface area contributed by atoms with Gasteiger partial charge in [0.1, 0.15) is 5.72 Å². The molecule has 0 radical (unpaired) electrons. The van der Waals surface area contributed by atoms with Gasteiger partial charge in [0.2, 0.25) is 5.91 Å². The van der Waals surface area contributed by atoms with E-state index in [1.807, 2.05) is 30.3 Å². The van der Waals surface area contributed by atoms with Crippen molar-refractivity contribution in [1.82, 2.24) is 9.80 Å². The third kappa shape index (κ3) is 3.91. The van der Waals surface area contributed by atoms with Gasteiger partial charge in [-0.3, -0.25) is 9.69 Å². The Morgan fingerprint density at radius 2 is 1.92 bits per heavy atom. The molecular weight excluding hydrogens is 332 g/mol. The van der Waals surface area contributed by atoms with Gasteiger partial charge in [-0.2, -0.15) is 0 Å². The van der Waals surface area contributed by atoms with Gasteiger partial charge in [0.15, 0.2) is 6.04 Å². The molecule has 1 amide bonds. The van der Waals surface area contributed by atoms with Gasteiger partial charge in [0.05, 0.1) is 6.61 Å². The zero-order valence-corrected chi connectivity index (χ0v) is 15.4. The van der Waals surface area contributed by atoms with E-state index in [1.165, 1.54) is 0 Å². The molecule has 26 heavy (non-hydrogen) atoms. The highest BCUT2D eigenvalue weighted by atomic mass is 16.5. The molecule has 6 nitrogen and oxygen atoms in total. The van der Waals surface area contributed by atoms with E-state index in [2.05, 4.69) is 11.8 Å². The number of carbonyl (C=O) groups excluding carboxylic acids is 1. The second kappa shape index (κ2) is 8.18. The van der Waals surface area contributed by atoms with E-state index >= 15 is 0 Å². The van der Waals surface area contributed by atoms with Gasteiger partial charge in [-0.15, -0.1) is 0 Å². The summed E-state index contributed by atoms with van der Waals surface area (Å²) < 4.78 is 5.97. The van der Waals surface area contributed by atoms with Gasteiger partial charge in [-0.25, -0.2) is 4.79 Å². The zero-order chi connectivity index (χ0) is 18.6. The van der Waals surface area contributed by atoms with Gasteiger partial charge in [-0.1, -0.05) is 37.3 Å². The third-order valence-electron chi connectivity index (χ3n) is 5.46. The summed E-state index contributed by atoms with van der Waals surface area (Å²) in [7, 11) is 0. The highest BCUT2D eigenvalue weighted by Crippen LogP contribution is 2.38. The first kappa shape index (κ1) is 18.9. The first-order chi connectivity index (χ1) is 12.6. The van der Waals surface area contributed by atoms with Crippen LogP contribution in [0.5, 0.6) is 0 Å². The lowest BCUT2D eigenvalue weighted by Crippen LogP contribution is -2.58. The van der Waals surface area contributed by atoms with Crippen LogP contribution in [0.2, 0.25) is 0 Å². The smallest absolute Gasteiger partial charge is 0.328 e. The second-order valence-corrected chi connectivity index (χ2v) is 7.20. The summed E-state index contributed by atoms with van der Waals surface area (Å²) in [4.78, 5) is 28.6. The minimum atomic E-state index is -0.981. The molecule has 6 heteroatoms. The van der Waals surface area contributed by atoms with Crippen molar-refractivity contribution < 1.29 is 19.4 Å². The number of hydrogen-bond acceptors (Lipinski definition) is 4. The number of aliphatic carboxylic acids is 1. The molecule has 1 spiro atoms. The number of rotatable bonds is 6. The number of nitrogens with zero attached hydrogens (tertiary/aromatic N) is 2. The number of piperidine rings is 1. The largest absolute Gasteiger partial charge is 0.480 e. The fraction of sp³-hybridized carbons (Fsp3) is 0.600. The highest BCUT2D eigenvalue weighted by molar-refractivity contribution is 5.85. The average Bonchev–Trinajstić information content (AvgIpc) is 3.02. The predicted octanol–water partition coefficient (Wildman–Crippen LogP) is 2.13. The van der Waals surface area contributed by atoms with Crippen LogP contribution in [-0.4, -0.2) is 64.8 Å². The van der Waals surface area contributed by atoms with Crippen LogP contribution in [-0.2, 0) is 20.7 Å². The van der Waals surface area contributed by atoms with E-state index in [0.29, 0.717) is 25.7 Å². The van der Waals surface area contributed by atoms with Crippen LogP contribution in [0.1, 0.15) is 38.2 Å². The van der Waals surface area contributed by atoms with E-state index in [9.17, 15) is 14.7 Å². The standard InChI is InChI=1S/C20H28N2O4/c1-2-12-21-13-10-20(11-14-21)22(17(15-26-20)19(24)25)18(23)9-8-16-6-4-3-5-7-16/h3-7,17H,2,8-15H2,1H3,(H,24,25)/t17-/m0/s1. The topological polar surface area (TPSA) is 70.1 Å². The van der Waals surface area contributed by atoms with E-state index in [-0.39, 0.29) is 12.5 Å². The molecule has 2 fully saturated rings. The molecule has 1 aromatic rings. The highest BCUT2D eigenvalue weighted by Gasteiger charge is 2.53. The van der Waals surface area contributed by atoms with Crippen LogP contribution in [0, 0.1) is 0 Å². The predicted molar refractivity (Wildman–Crippen MR) is 97.7 cm³/mol. The van der Waals surface area contributed by atoms with Crippen LogP contribution in [0.15, 0.2) is 30.3 Å². The van der Waals surface area contributed by atoms with Gasteiger partial charge >= 0.3 is 5.97 Å². The molecule has 0 aromatic heterocycles. The number of ether oxygens (including phenoxy) is 1. The number of benzene rings is 1. The maximum Gasteiger partial charge on any atom is 0.328 e. The van der Waals surface area contributed by atoms with Gasteiger partial charge in [0, 0.05) is 32.4 Å². The first-order valence-corrected chi connectivity index (χ1v) is 9.51. The molecule has 2 heterocycles. The fourth-order valence-corrected chi connectivity index (χ4v) is 4.09. The minimum Gasteiger partial charge on any atom is -0.480 e. The van der Waals surface area contributed by atoms with Crippen LogP contribution >= 0.6 is 0 Å². The van der Waals surface area contributed by atoms with Crippen LogP contribution in [0.4, 0.5) is 0 Å². The van der Waals surface area contributed by atoms with Gasteiger partial charge in [0.25, 0.3) is 0 Å². The molecule has 2 aliphatic rings. The van der Waals surface area contributed by atoms with Crippen molar-refractivity contribution in [3.05, 3.63) is 35.9 Å². The number of carbonyl (C=O) groups is 2. The van der Waals surface area contributed by atoms with Crippen molar-refractivity contribution in [2.45, 2.75) is 50.8 Å². The normalized spacial score (nSPS) is 22.7. The monoisotopic (exact) mass is 360 g/mol. The van der Waals surface area contributed by atoms with Crippen molar-refractivity contribution in [1.29, 1.82) is 0 Å². The van der Waals surface area contributed by atoms with E-state index < -0.39 is 17.7 Å². The molecule has 1 atom stereocenters. The summed E-state index contributed by atoms with van der Waals surface area (Å²) in [5, 5.41) is 9.58. The molecule has 1 N–H and O–H groups in total. The van der Waals surface area contributed by atoms with Crippen molar-refractivity contribution in [3.8, 4) is 0 Å². The SMILES string of the molecule is CCCN1CCC2(CC1)OC[C@@H](C(=O)O)N2C(=O)CCc1ccccc1. The van der Waals surface area contributed by atoms with Gasteiger partial charge < -0.3 is 14.7 Å². The summed E-state index contributed by atoms with van der Waals surface area (Å²) in [5.41, 5.74) is 0.334. The Bertz CT molecular complexity index is 626. The molecule has 0 unspecified atom stereocenters. The molecule has 3 rings (SSSR count). The molecule has 0 aliphatic carbocycles. The van der Waals surface area contributed by atoms with Crippen molar-refractivity contribution in [2.75, 3.05) is 26.2 Å². The van der Waals surface area contributed by atoms with Crippen molar-refractivity contribution in [2.24, 2.45) is 0 Å². The molecule has 2 aliphatic heterocycles. The Balaban J connectivity index is 1.71. The Morgan fingerprint density at radius 1 is 1.23 bits per heavy atom. The summed E-state index contributed by atoms with van der Waals surface area (Å²) >= 11 is 0. The fourth-order valence-electron chi connectivity index (χ4n) is 4.09. The van der Waals surface area contributed by atoms with E-state index in [4.69, 9.17) is 4.74 Å². The van der Waals surface area contributed by atoms with Gasteiger partial charge in [-0.05, 0) is 24.9 Å². The van der Waals surface area contributed by atoms with Crippen molar-refractivity contribution >= 4 is 11.9 Å². The number of aryl methyl sites for hydroxylation is 1. The average molecular weight is 360 g/mol. The lowest BCUT2D eigenvalue weighted by Gasteiger charge is -2.44. The summed E-state index contributed by atoms with van der Waals surface area (Å²) in [6.07, 6.45) is 3.35. The Morgan fingerprint density at radius 3 is 2.54 bits per heavy atom. The van der Waals surface area contributed by atoms with Crippen LogP contribution in [0.3, 0.4) is 0 Å². The number of carboxylic acids is 1. The Kier molecular flexibility index (Phi) is 5.94.